The zero-order valence-corrected chi connectivity index (χ0v) is 13.0. The fourth-order valence-corrected chi connectivity index (χ4v) is 2.89. The summed E-state index contributed by atoms with van der Waals surface area (Å²) in [5.74, 6) is 0.172. The maximum absolute atomic E-state index is 11.7. The lowest BCUT2D eigenvalue weighted by molar-refractivity contribution is 0.598. The minimum atomic E-state index is -3.22. The highest BCUT2D eigenvalue weighted by atomic mass is 32.2. The Hall–Kier alpha value is -1.23. The quantitative estimate of drug-likeness (QED) is 0.841. The van der Waals surface area contributed by atoms with Crippen molar-refractivity contribution in [3.05, 3.63) is 24.3 Å². The second kappa shape index (κ2) is 6.28. The second-order valence-corrected chi connectivity index (χ2v) is 7.57. The minimum absolute atomic E-state index is 0.0118. The molecule has 0 aliphatic rings. The molecule has 0 spiro atoms. The molecule has 4 nitrogen and oxygen atoms in total. The fourth-order valence-electron chi connectivity index (χ4n) is 1.62. The van der Waals surface area contributed by atoms with E-state index in [0.29, 0.717) is 12.1 Å². The molecule has 1 aromatic rings. The van der Waals surface area contributed by atoms with Gasteiger partial charge < -0.3 is 5.32 Å². The normalized spacial score (nSPS) is 12.2. The smallest absolute Gasteiger partial charge is 0.232 e. The van der Waals surface area contributed by atoms with Crippen molar-refractivity contribution in [2.45, 2.75) is 46.1 Å². The lowest BCUT2D eigenvalue weighted by Gasteiger charge is -2.22. The van der Waals surface area contributed by atoms with Gasteiger partial charge in [0.25, 0.3) is 0 Å². The Kier molecular flexibility index (Phi) is 5.23. The van der Waals surface area contributed by atoms with Crippen LogP contribution < -0.4 is 10.0 Å². The van der Waals surface area contributed by atoms with Crippen LogP contribution in [0.2, 0.25) is 0 Å². The van der Waals surface area contributed by atoms with Gasteiger partial charge in [0.1, 0.15) is 0 Å². The van der Waals surface area contributed by atoms with Crippen LogP contribution in [0.25, 0.3) is 0 Å². The Morgan fingerprint density at radius 3 is 2.05 bits per heavy atom. The number of nitrogens with one attached hydrogen (secondary N) is 2. The molecule has 1 aromatic carbocycles. The fraction of sp³-hybridized carbons (Fsp3) is 0.571. The predicted octanol–water partition coefficient (Wildman–Crippen LogP) is 3.44. The first-order chi connectivity index (χ1) is 8.72. The summed E-state index contributed by atoms with van der Waals surface area (Å²) < 4.78 is 26.1. The van der Waals surface area contributed by atoms with Crippen molar-refractivity contribution in [1.29, 1.82) is 0 Å². The summed E-state index contributed by atoms with van der Waals surface area (Å²) in [5, 5.41) is 3.33. The summed E-state index contributed by atoms with van der Waals surface area (Å²) >= 11 is 0. The molecule has 0 aliphatic heterocycles. The van der Waals surface area contributed by atoms with Crippen molar-refractivity contribution < 1.29 is 8.42 Å². The third-order valence-electron chi connectivity index (χ3n) is 2.44. The highest BCUT2D eigenvalue weighted by molar-refractivity contribution is 7.92. The molecule has 0 unspecified atom stereocenters. The van der Waals surface area contributed by atoms with Gasteiger partial charge in [0.05, 0.1) is 5.75 Å². The van der Waals surface area contributed by atoms with E-state index in [1.807, 2.05) is 19.1 Å². The Morgan fingerprint density at radius 1 is 1.05 bits per heavy atom. The number of sulfonamides is 1. The Bertz CT molecular complexity index is 487. The third kappa shape index (κ3) is 6.47. The van der Waals surface area contributed by atoms with Crippen molar-refractivity contribution in [2.24, 2.45) is 0 Å². The Morgan fingerprint density at radius 2 is 1.58 bits per heavy atom. The summed E-state index contributed by atoms with van der Waals surface area (Å²) in [7, 11) is -3.22. The van der Waals surface area contributed by atoms with Crippen molar-refractivity contribution in [2.75, 3.05) is 15.8 Å². The number of hydrogen-bond acceptors (Lipinski definition) is 3. The van der Waals surface area contributed by atoms with Crippen LogP contribution in [0.3, 0.4) is 0 Å². The van der Waals surface area contributed by atoms with Gasteiger partial charge in [-0.2, -0.15) is 0 Å². The lowest BCUT2D eigenvalue weighted by Crippen LogP contribution is -2.25. The monoisotopic (exact) mass is 284 g/mol. The molecule has 5 heteroatoms. The summed E-state index contributed by atoms with van der Waals surface area (Å²) in [5.41, 5.74) is 1.57. The van der Waals surface area contributed by atoms with Gasteiger partial charge in [0.2, 0.25) is 10.0 Å². The van der Waals surface area contributed by atoms with Crippen LogP contribution in [-0.4, -0.2) is 19.7 Å². The molecule has 0 aliphatic carbocycles. The lowest BCUT2D eigenvalue weighted by atomic mass is 10.1. The largest absolute Gasteiger partial charge is 0.380 e. The number of benzene rings is 1. The average molecular weight is 284 g/mol. The maximum atomic E-state index is 11.7. The van der Waals surface area contributed by atoms with Gasteiger partial charge in [-0.3, -0.25) is 4.72 Å². The van der Waals surface area contributed by atoms with Gasteiger partial charge in [-0.05, 0) is 51.5 Å². The predicted molar refractivity (Wildman–Crippen MR) is 82.1 cm³/mol. The highest BCUT2D eigenvalue weighted by Crippen LogP contribution is 2.18. The molecule has 0 heterocycles. The first kappa shape index (κ1) is 15.8. The molecular formula is C14H24N2O2S. The van der Waals surface area contributed by atoms with Gasteiger partial charge >= 0.3 is 0 Å². The number of unbranched alkanes of at least 4 members (excludes halogenated alkanes) is 1. The number of hydrogen-bond donors (Lipinski definition) is 2. The molecule has 0 aromatic heterocycles. The van der Waals surface area contributed by atoms with E-state index in [2.05, 4.69) is 30.8 Å². The van der Waals surface area contributed by atoms with Crippen LogP contribution in [0.15, 0.2) is 24.3 Å². The third-order valence-corrected chi connectivity index (χ3v) is 3.82. The summed E-state index contributed by atoms with van der Waals surface area (Å²) in [4.78, 5) is 0. The molecular weight excluding hydrogens is 260 g/mol. The molecule has 108 valence electrons. The standard InChI is InChI=1S/C14H24N2O2S/c1-5-6-11-19(17,18)16-13-9-7-12(8-10-13)15-14(2,3)4/h7-10,15-16H,5-6,11H2,1-4H3. The molecule has 0 amide bonds. The van der Waals surface area contributed by atoms with Crippen molar-refractivity contribution in [3.63, 3.8) is 0 Å². The van der Waals surface area contributed by atoms with Crippen LogP contribution in [0.4, 0.5) is 11.4 Å². The van der Waals surface area contributed by atoms with Crippen molar-refractivity contribution >= 4 is 21.4 Å². The molecule has 1 rings (SSSR count). The zero-order chi connectivity index (χ0) is 14.5. The van der Waals surface area contributed by atoms with E-state index in [1.165, 1.54) is 0 Å². The van der Waals surface area contributed by atoms with E-state index in [1.54, 1.807) is 12.1 Å². The van der Waals surface area contributed by atoms with E-state index in [4.69, 9.17) is 0 Å². The second-order valence-electron chi connectivity index (χ2n) is 5.73. The minimum Gasteiger partial charge on any atom is -0.380 e. The highest BCUT2D eigenvalue weighted by Gasteiger charge is 2.11. The molecule has 0 radical (unpaired) electrons. The first-order valence-electron chi connectivity index (χ1n) is 6.60. The number of anilines is 2. The van der Waals surface area contributed by atoms with Crippen LogP contribution >= 0.6 is 0 Å². The molecule has 0 fully saturated rings. The van der Waals surface area contributed by atoms with Gasteiger partial charge in [-0.15, -0.1) is 0 Å². The van der Waals surface area contributed by atoms with Gasteiger partial charge in [-0.25, -0.2) is 8.42 Å². The average Bonchev–Trinajstić information content (AvgIpc) is 2.27. The van der Waals surface area contributed by atoms with Crippen LogP contribution in [-0.2, 0) is 10.0 Å². The van der Waals surface area contributed by atoms with E-state index >= 15 is 0 Å². The zero-order valence-electron chi connectivity index (χ0n) is 12.2. The maximum Gasteiger partial charge on any atom is 0.232 e. The van der Waals surface area contributed by atoms with Crippen LogP contribution in [0, 0.1) is 0 Å². The summed E-state index contributed by atoms with van der Waals surface area (Å²) in [6.45, 7) is 8.21. The van der Waals surface area contributed by atoms with Crippen molar-refractivity contribution in [1.82, 2.24) is 0 Å². The molecule has 2 N–H and O–H groups in total. The molecule has 0 bridgehead atoms. The van der Waals surface area contributed by atoms with Crippen molar-refractivity contribution in [3.8, 4) is 0 Å². The topological polar surface area (TPSA) is 58.2 Å². The summed E-state index contributed by atoms with van der Waals surface area (Å²) in [6.07, 6.45) is 1.55. The van der Waals surface area contributed by atoms with E-state index in [-0.39, 0.29) is 11.3 Å². The SMILES string of the molecule is CCCCS(=O)(=O)Nc1ccc(NC(C)(C)C)cc1. The summed E-state index contributed by atoms with van der Waals surface area (Å²) in [6, 6.07) is 7.31. The molecule has 0 atom stereocenters. The van der Waals surface area contributed by atoms with Gasteiger partial charge in [0, 0.05) is 16.9 Å². The van der Waals surface area contributed by atoms with Crippen LogP contribution in [0.1, 0.15) is 40.5 Å². The van der Waals surface area contributed by atoms with E-state index in [9.17, 15) is 8.42 Å². The van der Waals surface area contributed by atoms with Gasteiger partial charge in [-0.1, -0.05) is 13.3 Å². The molecule has 0 saturated carbocycles. The Labute approximate surface area is 116 Å². The van der Waals surface area contributed by atoms with E-state index < -0.39 is 10.0 Å². The first-order valence-corrected chi connectivity index (χ1v) is 8.26. The van der Waals surface area contributed by atoms with Crippen LogP contribution in [0.5, 0.6) is 0 Å². The van der Waals surface area contributed by atoms with Gasteiger partial charge in [0.15, 0.2) is 0 Å². The molecule has 19 heavy (non-hydrogen) atoms. The Balaban J connectivity index is 2.67. The van der Waals surface area contributed by atoms with E-state index in [0.717, 1.165) is 12.1 Å². The number of rotatable bonds is 6. The molecule has 0 saturated heterocycles.